The molecule has 2 N–H and O–H groups in total. The lowest BCUT2D eigenvalue weighted by Crippen LogP contribution is -1.95. The van der Waals surface area contributed by atoms with E-state index in [9.17, 15) is 0 Å². The zero-order valence-corrected chi connectivity index (χ0v) is 10.3. The summed E-state index contributed by atoms with van der Waals surface area (Å²) >= 11 is 6.08. The molecule has 2 rings (SSSR count). The summed E-state index contributed by atoms with van der Waals surface area (Å²) in [5, 5.41) is 8.40. The number of nitrogens with zero attached hydrogens (tertiary/aromatic N) is 2. The van der Waals surface area contributed by atoms with E-state index in [0.717, 1.165) is 16.8 Å². The molecule has 2 aromatic rings. The van der Waals surface area contributed by atoms with E-state index in [4.69, 9.17) is 22.1 Å². The van der Waals surface area contributed by atoms with Gasteiger partial charge in [-0.05, 0) is 36.8 Å². The van der Waals surface area contributed by atoms with Crippen molar-refractivity contribution >= 4 is 17.4 Å². The van der Waals surface area contributed by atoms with Crippen molar-refractivity contribution in [1.82, 2.24) is 10.2 Å². The highest BCUT2D eigenvalue weighted by Gasteiger charge is 2.09. The Hall–Kier alpha value is -1.81. The number of ether oxygens (including phenoxy) is 1. The summed E-state index contributed by atoms with van der Waals surface area (Å²) in [6, 6.07) is 7.21. The van der Waals surface area contributed by atoms with Gasteiger partial charge in [0.15, 0.2) is 0 Å². The molecular formula is C12H12ClN3O. The predicted molar refractivity (Wildman–Crippen MR) is 68.2 cm³/mol. The van der Waals surface area contributed by atoms with Gasteiger partial charge in [-0.15, -0.1) is 10.2 Å². The zero-order valence-electron chi connectivity index (χ0n) is 9.57. The highest BCUT2D eigenvalue weighted by atomic mass is 35.5. The van der Waals surface area contributed by atoms with Crippen molar-refractivity contribution in [3.8, 4) is 17.0 Å². The molecule has 4 nitrogen and oxygen atoms in total. The fraction of sp³-hybridized carbons (Fsp3) is 0.167. The zero-order chi connectivity index (χ0) is 12.4. The third kappa shape index (κ3) is 2.31. The minimum Gasteiger partial charge on any atom is -0.495 e. The first kappa shape index (κ1) is 11.7. The Morgan fingerprint density at radius 2 is 2.00 bits per heavy atom. The van der Waals surface area contributed by atoms with E-state index >= 15 is 0 Å². The van der Waals surface area contributed by atoms with E-state index in [-0.39, 0.29) is 0 Å². The van der Waals surface area contributed by atoms with Crippen LogP contribution in [-0.4, -0.2) is 17.3 Å². The number of aromatic nitrogens is 2. The first-order chi connectivity index (χ1) is 8.11. The minimum absolute atomic E-state index is 0.394. The van der Waals surface area contributed by atoms with E-state index in [1.165, 1.54) is 0 Å². The first-order valence-corrected chi connectivity index (χ1v) is 5.43. The lowest BCUT2D eigenvalue weighted by molar-refractivity contribution is 0.415. The normalized spacial score (nSPS) is 10.3. The fourth-order valence-corrected chi connectivity index (χ4v) is 1.81. The molecule has 0 bridgehead atoms. The van der Waals surface area contributed by atoms with Crippen molar-refractivity contribution in [1.29, 1.82) is 0 Å². The van der Waals surface area contributed by atoms with Crippen molar-refractivity contribution < 1.29 is 4.74 Å². The highest BCUT2D eigenvalue weighted by molar-refractivity contribution is 6.32. The van der Waals surface area contributed by atoms with Crippen molar-refractivity contribution in [2.24, 2.45) is 0 Å². The maximum absolute atomic E-state index is 6.08. The minimum atomic E-state index is 0.394. The van der Waals surface area contributed by atoms with Gasteiger partial charge < -0.3 is 10.5 Å². The van der Waals surface area contributed by atoms with Crippen molar-refractivity contribution in [2.45, 2.75) is 6.92 Å². The lowest BCUT2D eigenvalue weighted by Gasteiger charge is -2.09. The molecule has 0 aliphatic carbocycles. The number of rotatable bonds is 2. The van der Waals surface area contributed by atoms with Crippen LogP contribution in [0.5, 0.6) is 5.75 Å². The number of benzene rings is 1. The summed E-state index contributed by atoms with van der Waals surface area (Å²) in [6.07, 6.45) is 0. The van der Waals surface area contributed by atoms with E-state index in [1.54, 1.807) is 13.2 Å². The van der Waals surface area contributed by atoms with Gasteiger partial charge in [-0.2, -0.15) is 0 Å². The molecule has 5 heteroatoms. The monoisotopic (exact) mass is 249 g/mol. The lowest BCUT2D eigenvalue weighted by atomic mass is 10.1. The average molecular weight is 250 g/mol. The molecule has 0 unspecified atom stereocenters. The topological polar surface area (TPSA) is 61.0 Å². The maximum atomic E-state index is 6.08. The fourth-order valence-electron chi connectivity index (χ4n) is 1.57. The molecule has 1 aromatic carbocycles. The largest absolute Gasteiger partial charge is 0.495 e. The number of nitrogen functional groups attached to an aromatic ring is 1. The Morgan fingerprint density at radius 1 is 1.24 bits per heavy atom. The van der Waals surface area contributed by atoms with Gasteiger partial charge >= 0.3 is 0 Å². The molecule has 0 amide bonds. The summed E-state index contributed by atoms with van der Waals surface area (Å²) in [5.74, 6) is 1.04. The van der Waals surface area contributed by atoms with Crippen LogP contribution < -0.4 is 10.5 Å². The van der Waals surface area contributed by atoms with Crippen LogP contribution in [-0.2, 0) is 0 Å². The molecule has 0 atom stereocenters. The second-order valence-corrected chi connectivity index (χ2v) is 4.05. The standard InChI is InChI=1S/C12H12ClN3O/c1-7-5-11(17-2)9(13)6-8(7)10-3-4-12(14)16-15-10/h3-6H,1-2H3,(H2,14,16). The van der Waals surface area contributed by atoms with Crippen LogP contribution in [0.15, 0.2) is 24.3 Å². The average Bonchev–Trinajstić information content (AvgIpc) is 2.33. The summed E-state index contributed by atoms with van der Waals surface area (Å²) in [7, 11) is 1.59. The highest BCUT2D eigenvalue weighted by Crippen LogP contribution is 2.32. The SMILES string of the molecule is COc1cc(C)c(-c2ccc(N)nn2)cc1Cl. The van der Waals surface area contributed by atoms with E-state index in [1.807, 2.05) is 25.1 Å². The molecular weight excluding hydrogens is 238 g/mol. The molecule has 0 aliphatic rings. The first-order valence-electron chi connectivity index (χ1n) is 5.05. The molecule has 17 heavy (non-hydrogen) atoms. The summed E-state index contributed by atoms with van der Waals surface area (Å²) < 4.78 is 5.15. The van der Waals surface area contributed by atoms with Crippen LogP contribution in [0.1, 0.15) is 5.56 Å². The number of hydrogen-bond donors (Lipinski definition) is 1. The second-order valence-electron chi connectivity index (χ2n) is 3.65. The van der Waals surface area contributed by atoms with Crippen molar-refractivity contribution in [3.63, 3.8) is 0 Å². The quantitative estimate of drug-likeness (QED) is 0.889. The molecule has 0 aliphatic heterocycles. The Balaban J connectivity index is 2.52. The van der Waals surface area contributed by atoms with Gasteiger partial charge in [-0.25, -0.2) is 0 Å². The predicted octanol–water partition coefficient (Wildman–Crippen LogP) is 2.70. The Morgan fingerprint density at radius 3 is 2.59 bits per heavy atom. The number of halogens is 1. The van der Waals surface area contributed by atoms with Gasteiger partial charge in [0.05, 0.1) is 17.8 Å². The van der Waals surface area contributed by atoms with Gasteiger partial charge in [-0.3, -0.25) is 0 Å². The van der Waals surface area contributed by atoms with Crippen LogP contribution in [0.2, 0.25) is 5.02 Å². The Kier molecular flexibility index (Phi) is 3.15. The van der Waals surface area contributed by atoms with Crippen LogP contribution in [0.4, 0.5) is 5.82 Å². The maximum Gasteiger partial charge on any atom is 0.146 e. The van der Waals surface area contributed by atoms with Crippen LogP contribution in [0, 0.1) is 6.92 Å². The Labute approximate surface area is 104 Å². The second kappa shape index (κ2) is 4.59. The molecule has 88 valence electrons. The molecule has 0 saturated carbocycles. The van der Waals surface area contributed by atoms with E-state index < -0.39 is 0 Å². The third-order valence-electron chi connectivity index (χ3n) is 2.46. The number of anilines is 1. The number of aryl methyl sites for hydroxylation is 1. The van der Waals surface area contributed by atoms with Gasteiger partial charge in [0.2, 0.25) is 0 Å². The summed E-state index contributed by atoms with van der Waals surface area (Å²) in [5.41, 5.74) is 8.17. The molecule has 0 saturated heterocycles. The number of hydrogen-bond acceptors (Lipinski definition) is 4. The van der Waals surface area contributed by atoms with Crippen molar-refractivity contribution in [2.75, 3.05) is 12.8 Å². The van der Waals surface area contributed by atoms with Crippen LogP contribution >= 0.6 is 11.6 Å². The molecule has 1 heterocycles. The van der Waals surface area contributed by atoms with Gasteiger partial charge in [-0.1, -0.05) is 11.6 Å². The van der Waals surface area contributed by atoms with Gasteiger partial charge in [0, 0.05) is 5.56 Å². The smallest absolute Gasteiger partial charge is 0.146 e. The molecule has 1 aromatic heterocycles. The van der Waals surface area contributed by atoms with Gasteiger partial charge in [0.1, 0.15) is 11.6 Å². The summed E-state index contributed by atoms with van der Waals surface area (Å²) in [6.45, 7) is 1.96. The van der Waals surface area contributed by atoms with Crippen LogP contribution in [0.3, 0.4) is 0 Å². The van der Waals surface area contributed by atoms with Gasteiger partial charge in [0.25, 0.3) is 0 Å². The Bertz CT molecular complexity index is 540. The van der Waals surface area contributed by atoms with E-state index in [2.05, 4.69) is 10.2 Å². The number of methoxy groups -OCH3 is 1. The summed E-state index contributed by atoms with van der Waals surface area (Å²) in [4.78, 5) is 0. The number of nitrogens with two attached hydrogens (primary N) is 1. The molecule has 0 spiro atoms. The molecule has 0 radical (unpaired) electrons. The molecule has 0 fully saturated rings. The van der Waals surface area contributed by atoms with Crippen LogP contribution in [0.25, 0.3) is 11.3 Å². The van der Waals surface area contributed by atoms with E-state index in [0.29, 0.717) is 16.6 Å². The third-order valence-corrected chi connectivity index (χ3v) is 2.76. The van der Waals surface area contributed by atoms with Crippen molar-refractivity contribution in [3.05, 3.63) is 34.9 Å².